The lowest BCUT2D eigenvalue weighted by molar-refractivity contribution is -0.121. The van der Waals surface area contributed by atoms with E-state index in [1.54, 1.807) is 21.8 Å². The van der Waals surface area contributed by atoms with E-state index in [9.17, 15) is 14.4 Å². The van der Waals surface area contributed by atoms with Gasteiger partial charge >= 0.3 is 0 Å². The summed E-state index contributed by atoms with van der Waals surface area (Å²) in [5, 5.41) is 15.3. The summed E-state index contributed by atoms with van der Waals surface area (Å²) in [4.78, 5) is 45.0. The van der Waals surface area contributed by atoms with Crippen molar-refractivity contribution in [3.05, 3.63) is 108 Å². The van der Waals surface area contributed by atoms with Gasteiger partial charge in [0.2, 0.25) is 5.91 Å². The quantitative estimate of drug-likeness (QED) is 0.222. The van der Waals surface area contributed by atoms with E-state index in [0.717, 1.165) is 35.2 Å². The van der Waals surface area contributed by atoms with E-state index in [-0.39, 0.29) is 36.1 Å². The number of anilines is 1. The number of benzene rings is 2. The molecular formula is C37H42N8O4. The average Bonchev–Trinajstić information content (AvgIpc) is 3.66. The van der Waals surface area contributed by atoms with Gasteiger partial charge in [0.05, 0.1) is 37.2 Å². The number of para-hydroxylation sites is 1. The van der Waals surface area contributed by atoms with Crippen molar-refractivity contribution in [2.45, 2.75) is 63.3 Å². The summed E-state index contributed by atoms with van der Waals surface area (Å²) in [6, 6.07) is 18.7. The van der Waals surface area contributed by atoms with Crippen LogP contribution in [0.1, 0.15) is 65.8 Å². The zero-order valence-electron chi connectivity index (χ0n) is 28.1. The summed E-state index contributed by atoms with van der Waals surface area (Å²) >= 11 is 0. The molecule has 1 unspecified atom stereocenters. The number of aromatic nitrogens is 4. The molecule has 0 radical (unpaired) electrons. The Balaban J connectivity index is 1.19. The van der Waals surface area contributed by atoms with E-state index < -0.39 is 17.9 Å². The summed E-state index contributed by atoms with van der Waals surface area (Å²) in [5.41, 5.74) is 4.05. The van der Waals surface area contributed by atoms with Crippen LogP contribution in [0.15, 0.2) is 85.2 Å². The summed E-state index contributed by atoms with van der Waals surface area (Å²) < 4.78 is 8.91. The lowest BCUT2D eigenvalue weighted by atomic mass is 9.82. The highest BCUT2D eigenvalue weighted by molar-refractivity contribution is 6.04. The molecule has 12 nitrogen and oxygen atoms in total. The van der Waals surface area contributed by atoms with Gasteiger partial charge in [-0.2, -0.15) is 10.2 Å². The number of hydrogen-bond donors (Lipinski definition) is 2. The van der Waals surface area contributed by atoms with Gasteiger partial charge in [-0.05, 0) is 63.1 Å². The predicted molar refractivity (Wildman–Crippen MR) is 184 cm³/mol. The number of carbonyl (C=O) groups is 3. The molecule has 1 saturated heterocycles. The van der Waals surface area contributed by atoms with Crippen LogP contribution in [0.2, 0.25) is 0 Å². The molecule has 3 amide bonds. The van der Waals surface area contributed by atoms with Crippen LogP contribution in [0.5, 0.6) is 0 Å². The molecule has 2 N–H and O–H groups in total. The van der Waals surface area contributed by atoms with Crippen LogP contribution in [0.25, 0.3) is 5.69 Å². The van der Waals surface area contributed by atoms with Gasteiger partial charge in [0, 0.05) is 42.4 Å². The number of amides is 3. The SMILES string of the molecule is C=C(C(=O)NCc1cccc([C@@H]2c3cnn(-c4ccccc4)c3N(CC)C(=O)[C@H]2NC(=O)c2ccn(C3CC3)n2)c1)C(C)N(C)C1COC1. The molecule has 4 aromatic rings. The smallest absolute Gasteiger partial charge is 0.272 e. The van der Waals surface area contributed by atoms with Crippen LogP contribution in [-0.2, 0) is 20.9 Å². The lowest BCUT2D eigenvalue weighted by Gasteiger charge is -2.38. The lowest BCUT2D eigenvalue weighted by Crippen LogP contribution is -2.55. The summed E-state index contributed by atoms with van der Waals surface area (Å²) in [6.07, 6.45) is 5.69. The largest absolute Gasteiger partial charge is 0.378 e. The Morgan fingerprint density at radius 3 is 2.57 bits per heavy atom. The predicted octanol–water partition coefficient (Wildman–Crippen LogP) is 3.59. The Hall–Kier alpha value is -5.07. The first kappa shape index (κ1) is 32.5. The Kier molecular flexibility index (Phi) is 8.91. The van der Waals surface area contributed by atoms with Gasteiger partial charge in [-0.3, -0.25) is 28.9 Å². The number of carbonyl (C=O) groups excluding carboxylic acids is 3. The van der Waals surface area contributed by atoms with Gasteiger partial charge in [0.25, 0.3) is 11.8 Å². The molecule has 2 aromatic carbocycles. The molecule has 3 atom stereocenters. The van der Waals surface area contributed by atoms with Gasteiger partial charge in [-0.25, -0.2) is 4.68 Å². The van der Waals surface area contributed by atoms with E-state index in [4.69, 9.17) is 9.84 Å². The molecule has 1 saturated carbocycles. The van der Waals surface area contributed by atoms with Crippen molar-refractivity contribution < 1.29 is 19.1 Å². The number of fused-ring (bicyclic) bond motifs is 1. The van der Waals surface area contributed by atoms with E-state index >= 15 is 0 Å². The third-order valence-corrected chi connectivity index (χ3v) is 9.96. The molecule has 3 aliphatic rings. The molecule has 0 bridgehead atoms. The minimum atomic E-state index is -0.920. The van der Waals surface area contributed by atoms with Crippen LogP contribution < -0.4 is 15.5 Å². The molecule has 254 valence electrons. The Morgan fingerprint density at radius 2 is 1.88 bits per heavy atom. The van der Waals surface area contributed by atoms with Crippen molar-refractivity contribution in [2.75, 3.05) is 31.7 Å². The van der Waals surface area contributed by atoms with Crippen molar-refractivity contribution in [2.24, 2.45) is 0 Å². The number of rotatable bonds is 12. The van der Waals surface area contributed by atoms with E-state index in [0.29, 0.717) is 37.2 Å². The molecular weight excluding hydrogens is 620 g/mol. The fraction of sp³-hybridized carbons (Fsp3) is 0.378. The van der Waals surface area contributed by atoms with E-state index in [2.05, 4.69) is 27.2 Å². The van der Waals surface area contributed by atoms with Crippen molar-refractivity contribution in [3.63, 3.8) is 0 Å². The van der Waals surface area contributed by atoms with Crippen LogP contribution in [0.4, 0.5) is 5.82 Å². The van der Waals surface area contributed by atoms with Crippen LogP contribution in [0.3, 0.4) is 0 Å². The van der Waals surface area contributed by atoms with Crippen molar-refractivity contribution in [3.8, 4) is 5.69 Å². The van der Waals surface area contributed by atoms with Gasteiger partial charge in [0.1, 0.15) is 17.6 Å². The van der Waals surface area contributed by atoms with Crippen LogP contribution in [-0.4, -0.2) is 87.1 Å². The fourth-order valence-electron chi connectivity index (χ4n) is 6.64. The maximum absolute atomic E-state index is 14.4. The fourth-order valence-corrected chi connectivity index (χ4v) is 6.64. The first-order valence-electron chi connectivity index (χ1n) is 16.9. The first-order valence-corrected chi connectivity index (χ1v) is 16.9. The molecule has 12 heteroatoms. The Bertz CT molecular complexity index is 1880. The molecule has 2 fully saturated rings. The summed E-state index contributed by atoms with van der Waals surface area (Å²) in [5.74, 6) is -0.762. The average molecular weight is 663 g/mol. The number of nitrogens with one attached hydrogen (secondary N) is 2. The van der Waals surface area contributed by atoms with Crippen molar-refractivity contribution in [1.29, 1.82) is 0 Å². The van der Waals surface area contributed by atoms with Gasteiger partial charge in [-0.1, -0.05) is 49.0 Å². The van der Waals surface area contributed by atoms with Gasteiger partial charge in [-0.15, -0.1) is 0 Å². The minimum absolute atomic E-state index is 0.144. The third-order valence-electron chi connectivity index (χ3n) is 9.96. The Morgan fingerprint density at radius 1 is 1.10 bits per heavy atom. The molecule has 7 rings (SSSR count). The Labute approximate surface area is 285 Å². The minimum Gasteiger partial charge on any atom is -0.378 e. The molecule has 1 aliphatic carbocycles. The maximum Gasteiger partial charge on any atom is 0.272 e. The summed E-state index contributed by atoms with van der Waals surface area (Å²) in [6.45, 7) is 9.92. The normalized spacial score (nSPS) is 19.7. The number of ether oxygens (including phenoxy) is 1. The molecule has 2 aromatic heterocycles. The summed E-state index contributed by atoms with van der Waals surface area (Å²) in [7, 11) is 1.98. The molecule has 2 aliphatic heterocycles. The molecule has 49 heavy (non-hydrogen) atoms. The van der Waals surface area contributed by atoms with E-state index in [1.165, 1.54) is 0 Å². The highest BCUT2D eigenvalue weighted by Crippen LogP contribution is 2.42. The highest BCUT2D eigenvalue weighted by Gasteiger charge is 2.44. The standard InChI is InChI=1S/C37H42N8O4/c1-5-43-36-30(20-39-45(36)28-12-7-6-8-13-28)32(33(37(43)48)40-35(47)31-16-17-44(41-31)27-14-15-27)26-11-9-10-25(18-26)19-38-34(46)23(2)24(3)42(4)29-21-49-22-29/h6-13,16-18,20,24,27,29,32-33H,2,5,14-15,19,21-22H2,1,3-4H3,(H,38,46)(H,40,47)/t24?,32-,33+/m1/s1. The second-order valence-electron chi connectivity index (χ2n) is 13.1. The van der Waals surface area contributed by atoms with Crippen molar-refractivity contribution >= 4 is 23.5 Å². The zero-order valence-corrected chi connectivity index (χ0v) is 28.1. The van der Waals surface area contributed by atoms with Crippen molar-refractivity contribution in [1.82, 2.24) is 35.1 Å². The van der Waals surface area contributed by atoms with E-state index in [1.807, 2.05) is 86.4 Å². The number of likely N-dealkylation sites (N-methyl/N-ethyl adjacent to an activating group) is 2. The monoisotopic (exact) mass is 662 g/mol. The number of hydrogen-bond acceptors (Lipinski definition) is 7. The first-order chi connectivity index (χ1) is 23.7. The zero-order chi connectivity index (χ0) is 34.2. The molecule has 4 heterocycles. The topological polar surface area (TPSA) is 127 Å². The second-order valence-corrected chi connectivity index (χ2v) is 13.1. The second kappa shape index (κ2) is 13.4. The van der Waals surface area contributed by atoms with Crippen LogP contribution in [0, 0.1) is 0 Å². The highest BCUT2D eigenvalue weighted by atomic mass is 16.5. The van der Waals surface area contributed by atoms with Crippen LogP contribution >= 0.6 is 0 Å². The maximum atomic E-state index is 14.4. The van der Waals surface area contributed by atoms with Gasteiger partial charge < -0.3 is 15.4 Å². The number of nitrogens with zero attached hydrogens (tertiary/aromatic N) is 6. The third kappa shape index (κ3) is 6.29. The molecule has 0 spiro atoms. The van der Waals surface area contributed by atoms with Gasteiger partial charge in [0.15, 0.2) is 0 Å².